The summed E-state index contributed by atoms with van der Waals surface area (Å²) >= 11 is 0. The molecule has 3 aromatic rings. The summed E-state index contributed by atoms with van der Waals surface area (Å²) in [6.45, 7) is 12.8. The first-order chi connectivity index (χ1) is 15.8. The lowest BCUT2D eigenvalue weighted by molar-refractivity contribution is 0.454. The fourth-order valence-electron chi connectivity index (χ4n) is 5.38. The molecule has 2 aliphatic rings. The number of hydrogen-bond donors (Lipinski definition) is 1. The Morgan fingerprint density at radius 2 is 1.33 bits per heavy atom. The van der Waals surface area contributed by atoms with Gasteiger partial charge in [-0.05, 0) is 72.4 Å². The van der Waals surface area contributed by atoms with Gasteiger partial charge in [0.05, 0.1) is 11.1 Å². The van der Waals surface area contributed by atoms with E-state index in [-0.39, 0.29) is 11.8 Å². The molecule has 0 saturated carbocycles. The van der Waals surface area contributed by atoms with Crippen LogP contribution in [0.25, 0.3) is 22.3 Å². The zero-order valence-corrected chi connectivity index (χ0v) is 20.7. The SMILES string of the molecule is CC(C)c1cc(-c2cc3c(N4CCCC4)nc(N4CCCC4)nc3n2C)cc(C(C)C)c1O. The summed E-state index contributed by atoms with van der Waals surface area (Å²) in [5, 5.41) is 12.0. The Hall–Kier alpha value is -2.76. The van der Waals surface area contributed by atoms with Crippen molar-refractivity contribution in [1.29, 1.82) is 0 Å². The first-order valence-electron chi connectivity index (χ1n) is 12.6. The number of aromatic nitrogens is 3. The third kappa shape index (κ3) is 3.83. The topological polar surface area (TPSA) is 57.4 Å². The molecule has 2 saturated heterocycles. The van der Waals surface area contributed by atoms with E-state index in [9.17, 15) is 5.11 Å². The molecule has 1 aromatic carbocycles. The lowest BCUT2D eigenvalue weighted by Crippen LogP contribution is -2.24. The standard InChI is InChI=1S/C27H37N5O/c1-17(2)20-14-19(15-21(18(3)4)24(20)33)23-16-22-25(30(23)5)28-27(32-12-8-9-13-32)29-26(22)31-10-6-7-11-31/h14-18,33H,6-13H2,1-5H3. The minimum Gasteiger partial charge on any atom is -0.507 e. The van der Waals surface area contributed by atoms with Crippen molar-refractivity contribution < 1.29 is 5.11 Å². The van der Waals surface area contributed by atoms with E-state index in [4.69, 9.17) is 9.97 Å². The summed E-state index contributed by atoms with van der Waals surface area (Å²) < 4.78 is 2.22. The molecule has 1 N–H and O–H groups in total. The second-order valence-electron chi connectivity index (χ2n) is 10.4. The lowest BCUT2D eigenvalue weighted by atomic mass is 9.90. The molecule has 4 heterocycles. The zero-order chi connectivity index (χ0) is 23.3. The van der Waals surface area contributed by atoms with Gasteiger partial charge in [0, 0.05) is 33.2 Å². The van der Waals surface area contributed by atoms with Crippen molar-refractivity contribution in [1.82, 2.24) is 14.5 Å². The van der Waals surface area contributed by atoms with Crippen LogP contribution in [0.1, 0.15) is 76.3 Å². The largest absolute Gasteiger partial charge is 0.507 e. The molecule has 0 amide bonds. The summed E-state index contributed by atoms with van der Waals surface area (Å²) in [5.74, 6) is 2.88. The first kappa shape index (κ1) is 22.1. The number of nitrogens with zero attached hydrogens (tertiary/aromatic N) is 5. The Labute approximate surface area is 197 Å². The van der Waals surface area contributed by atoms with E-state index in [1.807, 2.05) is 0 Å². The average molecular weight is 448 g/mol. The Balaban J connectivity index is 1.72. The molecule has 2 aliphatic heterocycles. The number of phenolic OH excluding ortho intramolecular Hbond substituents is 1. The number of fused-ring (bicyclic) bond motifs is 1. The van der Waals surface area contributed by atoms with Crippen LogP contribution in [0.4, 0.5) is 11.8 Å². The molecule has 33 heavy (non-hydrogen) atoms. The predicted octanol–water partition coefficient (Wildman–Crippen LogP) is 5.79. The van der Waals surface area contributed by atoms with Crippen molar-refractivity contribution in [2.45, 2.75) is 65.2 Å². The minimum absolute atomic E-state index is 0.249. The van der Waals surface area contributed by atoms with Crippen molar-refractivity contribution in [3.63, 3.8) is 0 Å². The average Bonchev–Trinajstić information content (AvgIpc) is 3.55. The van der Waals surface area contributed by atoms with Crippen LogP contribution in [-0.2, 0) is 7.05 Å². The van der Waals surface area contributed by atoms with E-state index in [0.717, 1.165) is 71.4 Å². The molecule has 0 aliphatic carbocycles. The third-order valence-corrected chi connectivity index (χ3v) is 7.36. The van der Waals surface area contributed by atoms with Gasteiger partial charge in [-0.25, -0.2) is 0 Å². The smallest absolute Gasteiger partial charge is 0.229 e. The van der Waals surface area contributed by atoms with Crippen molar-refractivity contribution >= 4 is 22.8 Å². The summed E-state index contributed by atoms with van der Waals surface area (Å²) in [7, 11) is 2.11. The van der Waals surface area contributed by atoms with E-state index in [1.165, 1.54) is 25.7 Å². The van der Waals surface area contributed by atoms with Gasteiger partial charge in [0.1, 0.15) is 17.2 Å². The van der Waals surface area contributed by atoms with Gasteiger partial charge in [-0.2, -0.15) is 9.97 Å². The first-order valence-corrected chi connectivity index (χ1v) is 12.6. The fourth-order valence-corrected chi connectivity index (χ4v) is 5.38. The molecular formula is C27H37N5O. The monoisotopic (exact) mass is 447 g/mol. The van der Waals surface area contributed by atoms with Crippen LogP contribution in [0.5, 0.6) is 5.75 Å². The molecule has 0 spiro atoms. The highest BCUT2D eigenvalue weighted by atomic mass is 16.3. The van der Waals surface area contributed by atoms with Gasteiger partial charge in [0.25, 0.3) is 0 Å². The molecule has 0 atom stereocenters. The maximum absolute atomic E-state index is 10.9. The van der Waals surface area contributed by atoms with E-state index >= 15 is 0 Å². The maximum atomic E-state index is 10.9. The summed E-state index contributed by atoms with van der Waals surface area (Å²) in [6, 6.07) is 6.58. The highest BCUT2D eigenvalue weighted by Crippen LogP contribution is 2.40. The number of rotatable bonds is 5. The summed E-state index contributed by atoms with van der Waals surface area (Å²) in [4.78, 5) is 14.9. The third-order valence-electron chi connectivity index (χ3n) is 7.36. The van der Waals surface area contributed by atoms with E-state index < -0.39 is 0 Å². The highest BCUT2D eigenvalue weighted by molar-refractivity contribution is 5.94. The molecule has 2 aromatic heterocycles. The van der Waals surface area contributed by atoms with Crippen LogP contribution in [0.15, 0.2) is 18.2 Å². The van der Waals surface area contributed by atoms with Crippen molar-refractivity contribution in [3.8, 4) is 17.0 Å². The zero-order valence-electron chi connectivity index (χ0n) is 20.7. The molecule has 5 rings (SSSR count). The number of aryl methyl sites for hydroxylation is 1. The second kappa shape index (κ2) is 8.54. The van der Waals surface area contributed by atoms with Crippen molar-refractivity contribution in [2.75, 3.05) is 36.0 Å². The van der Waals surface area contributed by atoms with Gasteiger partial charge >= 0.3 is 0 Å². The quantitative estimate of drug-likeness (QED) is 0.537. The van der Waals surface area contributed by atoms with E-state index in [1.54, 1.807) is 0 Å². The molecule has 6 heteroatoms. The summed E-state index contributed by atoms with van der Waals surface area (Å²) in [5.41, 5.74) is 5.27. The van der Waals surface area contributed by atoms with Crippen LogP contribution in [-0.4, -0.2) is 45.8 Å². The Morgan fingerprint density at radius 3 is 1.88 bits per heavy atom. The van der Waals surface area contributed by atoms with Gasteiger partial charge in [-0.15, -0.1) is 0 Å². The van der Waals surface area contributed by atoms with Crippen LogP contribution in [0.3, 0.4) is 0 Å². The minimum atomic E-state index is 0.249. The molecule has 2 fully saturated rings. The maximum Gasteiger partial charge on any atom is 0.229 e. The van der Waals surface area contributed by atoms with Crippen molar-refractivity contribution in [3.05, 3.63) is 29.3 Å². The Bertz CT molecular complexity index is 1140. The van der Waals surface area contributed by atoms with Crippen LogP contribution in [0, 0.1) is 0 Å². The Morgan fingerprint density at radius 1 is 0.788 bits per heavy atom. The number of hydrogen-bond acceptors (Lipinski definition) is 5. The fraction of sp³-hybridized carbons (Fsp3) is 0.556. The normalized spacial score (nSPS) is 16.8. The van der Waals surface area contributed by atoms with Gasteiger partial charge in [-0.1, -0.05) is 27.7 Å². The number of aromatic hydroxyl groups is 1. The number of benzene rings is 1. The van der Waals surface area contributed by atoms with E-state index in [2.05, 4.69) is 67.3 Å². The second-order valence-corrected chi connectivity index (χ2v) is 10.4. The molecule has 176 valence electrons. The lowest BCUT2D eigenvalue weighted by Gasteiger charge is -2.21. The molecule has 0 radical (unpaired) electrons. The van der Waals surface area contributed by atoms with Gasteiger partial charge in [0.2, 0.25) is 5.95 Å². The van der Waals surface area contributed by atoms with Crippen LogP contribution < -0.4 is 9.80 Å². The van der Waals surface area contributed by atoms with Gasteiger partial charge < -0.3 is 19.5 Å². The van der Waals surface area contributed by atoms with Gasteiger partial charge in [0.15, 0.2) is 0 Å². The molecular weight excluding hydrogens is 410 g/mol. The molecule has 0 bridgehead atoms. The Kier molecular flexibility index (Phi) is 5.71. The van der Waals surface area contributed by atoms with Crippen LogP contribution >= 0.6 is 0 Å². The highest BCUT2D eigenvalue weighted by Gasteiger charge is 2.25. The molecule has 0 unspecified atom stereocenters. The number of phenols is 1. The van der Waals surface area contributed by atoms with Crippen molar-refractivity contribution in [2.24, 2.45) is 7.05 Å². The molecule has 6 nitrogen and oxygen atoms in total. The van der Waals surface area contributed by atoms with E-state index in [0.29, 0.717) is 5.75 Å². The number of anilines is 2. The predicted molar refractivity (Wildman–Crippen MR) is 137 cm³/mol. The summed E-state index contributed by atoms with van der Waals surface area (Å²) in [6.07, 6.45) is 4.86. The van der Waals surface area contributed by atoms with Gasteiger partial charge in [-0.3, -0.25) is 0 Å². The van der Waals surface area contributed by atoms with Crippen LogP contribution in [0.2, 0.25) is 0 Å².